The van der Waals surface area contributed by atoms with Crippen molar-refractivity contribution in [1.29, 1.82) is 0 Å². The van der Waals surface area contributed by atoms with E-state index in [9.17, 15) is 13.2 Å². The summed E-state index contributed by atoms with van der Waals surface area (Å²) in [5.41, 5.74) is 2.89. The number of hydrogen-bond acceptors (Lipinski definition) is 3. The zero-order valence-corrected chi connectivity index (χ0v) is 19.4. The van der Waals surface area contributed by atoms with Crippen LogP contribution in [0.25, 0.3) is 11.1 Å². The van der Waals surface area contributed by atoms with Crippen LogP contribution in [0.5, 0.6) is 0 Å². The van der Waals surface area contributed by atoms with Gasteiger partial charge in [-0.3, -0.25) is 4.79 Å². The summed E-state index contributed by atoms with van der Waals surface area (Å²) in [6, 6.07) is 24.0. The zero-order chi connectivity index (χ0) is 22.7. The van der Waals surface area contributed by atoms with E-state index in [0.29, 0.717) is 31.0 Å². The van der Waals surface area contributed by atoms with Crippen LogP contribution in [0, 0.1) is 5.92 Å². The highest BCUT2D eigenvalue weighted by atomic mass is 35.5. The van der Waals surface area contributed by atoms with Gasteiger partial charge in [0.15, 0.2) is 0 Å². The monoisotopic (exact) mass is 468 g/mol. The maximum absolute atomic E-state index is 13.3. The predicted octanol–water partition coefficient (Wildman–Crippen LogP) is 5.07. The first kappa shape index (κ1) is 22.5. The van der Waals surface area contributed by atoms with Gasteiger partial charge < -0.3 is 4.90 Å². The molecule has 0 aliphatic carbocycles. The van der Waals surface area contributed by atoms with Crippen molar-refractivity contribution in [3.8, 4) is 11.1 Å². The molecule has 1 fully saturated rings. The molecule has 4 rings (SSSR count). The number of carbonyl (C=O) groups excluding carboxylic acids is 1. The lowest BCUT2D eigenvalue weighted by molar-refractivity contribution is -0.123. The van der Waals surface area contributed by atoms with Crippen molar-refractivity contribution in [3.05, 3.63) is 83.9 Å². The molecule has 0 bridgehead atoms. The average Bonchev–Trinajstić information content (AvgIpc) is 2.84. The third kappa shape index (κ3) is 4.58. The van der Waals surface area contributed by atoms with Gasteiger partial charge in [-0.2, -0.15) is 4.31 Å². The van der Waals surface area contributed by atoms with E-state index in [0.717, 1.165) is 16.8 Å². The second-order valence-electron chi connectivity index (χ2n) is 7.91. The largest absolute Gasteiger partial charge is 0.315 e. The molecule has 0 N–H and O–H groups in total. The van der Waals surface area contributed by atoms with Gasteiger partial charge in [0.25, 0.3) is 0 Å². The van der Waals surface area contributed by atoms with E-state index in [2.05, 4.69) is 0 Å². The molecule has 3 aromatic rings. The summed E-state index contributed by atoms with van der Waals surface area (Å²) < 4.78 is 27.3. The average molecular weight is 469 g/mol. The number of benzene rings is 3. The first-order valence-electron chi connectivity index (χ1n) is 10.6. The fraction of sp³-hybridized carbons (Fsp3) is 0.240. The molecule has 166 valence electrons. The first-order chi connectivity index (χ1) is 15.4. The van der Waals surface area contributed by atoms with Crippen LogP contribution in [0.1, 0.15) is 12.8 Å². The number of carbonyl (C=O) groups is 1. The molecule has 1 aliphatic rings. The fourth-order valence-corrected chi connectivity index (χ4v) is 5.71. The smallest absolute Gasteiger partial charge is 0.243 e. The van der Waals surface area contributed by atoms with Crippen molar-refractivity contribution < 1.29 is 13.2 Å². The number of rotatable bonds is 5. The van der Waals surface area contributed by atoms with Gasteiger partial charge in [-0.1, -0.05) is 60.1 Å². The van der Waals surface area contributed by atoms with Crippen molar-refractivity contribution in [3.63, 3.8) is 0 Å². The molecule has 0 saturated carbocycles. The van der Waals surface area contributed by atoms with Crippen LogP contribution in [0.4, 0.5) is 5.69 Å². The second kappa shape index (κ2) is 9.45. The molecule has 0 atom stereocenters. The Labute approximate surface area is 194 Å². The van der Waals surface area contributed by atoms with Gasteiger partial charge in [0.1, 0.15) is 0 Å². The van der Waals surface area contributed by atoms with Gasteiger partial charge in [-0.25, -0.2) is 8.42 Å². The lowest BCUT2D eigenvalue weighted by atomic mass is 9.95. The van der Waals surface area contributed by atoms with Gasteiger partial charge in [-0.05, 0) is 48.7 Å². The summed E-state index contributed by atoms with van der Waals surface area (Å²) in [7, 11) is -1.80. The van der Waals surface area contributed by atoms with E-state index in [1.165, 1.54) is 16.4 Å². The molecular formula is C25H25ClN2O3S. The third-order valence-corrected chi connectivity index (χ3v) is 8.10. The van der Waals surface area contributed by atoms with Gasteiger partial charge in [0.2, 0.25) is 15.9 Å². The highest BCUT2D eigenvalue weighted by Crippen LogP contribution is 2.32. The summed E-state index contributed by atoms with van der Waals surface area (Å²) in [4.78, 5) is 15.2. The number of hydrogen-bond donors (Lipinski definition) is 0. The molecule has 0 spiro atoms. The standard InChI is InChI=1S/C25H25ClN2O3S/c1-27(24-10-6-5-9-23(24)19-7-3-2-4-8-19)25(29)20-15-17-28(18-16-20)32(30,31)22-13-11-21(26)12-14-22/h2-14,20H,15-18H2,1H3. The van der Waals surface area contributed by atoms with Crippen LogP contribution in [0.2, 0.25) is 5.02 Å². The Kier molecular flexibility index (Phi) is 6.65. The quantitative estimate of drug-likeness (QED) is 0.525. The Morgan fingerprint density at radius 2 is 1.50 bits per heavy atom. The van der Waals surface area contributed by atoms with Gasteiger partial charge >= 0.3 is 0 Å². The molecule has 7 heteroatoms. The third-order valence-electron chi connectivity index (χ3n) is 5.94. The van der Waals surface area contributed by atoms with Crippen LogP contribution >= 0.6 is 11.6 Å². The van der Waals surface area contributed by atoms with Crippen LogP contribution in [0.3, 0.4) is 0 Å². The van der Waals surface area contributed by atoms with Crippen LogP contribution < -0.4 is 4.90 Å². The molecule has 32 heavy (non-hydrogen) atoms. The van der Waals surface area contributed by atoms with Crippen LogP contribution in [-0.2, 0) is 14.8 Å². The summed E-state index contributed by atoms with van der Waals surface area (Å²) in [6.07, 6.45) is 0.979. The minimum absolute atomic E-state index is 0.0110. The minimum Gasteiger partial charge on any atom is -0.315 e. The van der Waals surface area contributed by atoms with E-state index in [4.69, 9.17) is 11.6 Å². The van der Waals surface area contributed by atoms with Crippen LogP contribution in [0.15, 0.2) is 83.8 Å². The second-order valence-corrected chi connectivity index (χ2v) is 10.3. The number of amides is 1. The first-order valence-corrected chi connectivity index (χ1v) is 12.4. The lowest BCUT2D eigenvalue weighted by Crippen LogP contribution is -2.43. The summed E-state index contributed by atoms with van der Waals surface area (Å²) >= 11 is 5.88. The summed E-state index contributed by atoms with van der Waals surface area (Å²) in [5, 5.41) is 0.493. The van der Waals surface area contributed by atoms with E-state index in [1.807, 2.05) is 54.6 Å². The number of sulfonamides is 1. The Bertz CT molecular complexity index is 1190. The maximum Gasteiger partial charge on any atom is 0.243 e. The molecule has 1 saturated heterocycles. The number of para-hydroxylation sites is 1. The lowest BCUT2D eigenvalue weighted by Gasteiger charge is -2.33. The summed E-state index contributed by atoms with van der Waals surface area (Å²) in [5.74, 6) is -0.211. The number of anilines is 1. The zero-order valence-electron chi connectivity index (χ0n) is 17.8. The van der Waals surface area contributed by atoms with Crippen molar-refractivity contribution in [1.82, 2.24) is 4.31 Å². The fourth-order valence-electron chi connectivity index (χ4n) is 4.12. The SMILES string of the molecule is CN(C(=O)C1CCN(S(=O)(=O)c2ccc(Cl)cc2)CC1)c1ccccc1-c1ccccc1. The molecule has 1 aliphatic heterocycles. The van der Waals surface area contributed by atoms with Crippen molar-refractivity contribution >= 4 is 33.2 Å². The minimum atomic E-state index is -3.59. The van der Waals surface area contributed by atoms with Crippen molar-refractivity contribution in [2.24, 2.45) is 5.92 Å². The Balaban J connectivity index is 1.47. The highest BCUT2D eigenvalue weighted by molar-refractivity contribution is 7.89. The van der Waals surface area contributed by atoms with Crippen molar-refractivity contribution in [2.75, 3.05) is 25.0 Å². The molecule has 0 aromatic heterocycles. The highest BCUT2D eigenvalue weighted by Gasteiger charge is 2.33. The van der Waals surface area contributed by atoms with E-state index < -0.39 is 10.0 Å². The van der Waals surface area contributed by atoms with E-state index in [1.54, 1.807) is 24.1 Å². The molecule has 0 radical (unpaired) electrons. The molecule has 3 aromatic carbocycles. The van der Waals surface area contributed by atoms with E-state index >= 15 is 0 Å². The maximum atomic E-state index is 13.3. The Hall–Kier alpha value is -2.67. The van der Waals surface area contributed by atoms with Crippen LogP contribution in [-0.4, -0.2) is 38.8 Å². The number of halogens is 1. The van der Waals surface area contributed by atoms with Gasteiger partial charge in [-0.15, -0.1) is 0 Å². The molecule has 0 unspecified atom stereocenters. The van der Waals surface area contributed by atoms with Gasteiger partial charge in [0, 0.05) is 36.6 Å². The number of nitrogens with zero attached hydrogens (tertiary/aromatic N) is 2. The molecular weight excluding hydrogens is 444 g/mol. The normalized spacial score (nSPS) is 15.4. The van der Waals surface area contributed by atoms with Crippen molar-refractivity contribution in [2.45, 2.75) is 17.7 Å². The van der Waals surface area contributed by atoms with Gasteiger partial charge in [0.05, 0.1) is 10.6 Å². The number of piperidine rings is 1. The Morgan fingerprint density at radius 1 is 0.906 bits per heavy atom. The predicted molar refractivity (Wildman–Crippen MR) is 128 cm³/mol. The summed E-state index contributed by atoms with van der Waals surface area (Å²) in [6.45, 7) is 0.630. The molecule has 1 heterocycles. The van der Waals surface area contributed by atoms with E-state index in [-0.39, 0.29) is 16.7 Å². The Morgan fingerprint density at radius 3 is 2.16 bits per heavy atom. The molecule has 1 amide bonds. The topological polar surface area (TPSA) is 57.7 Å². The molecule has 5 nitrogen and oxygen atoms in total.